The van der Waals surface area contributed by atoms with Gasteiger partial charge in [-0.15, -0.1) is 6.58 Å². The Morgan fingerprint density at radius 1 is 1.17 bits per heavy atom. The van der Waals surface area contributed by atoms with Crippen LogP contribution in [0.25, 0.3) is 22.2 Å². The van der Waals surface area contributed by atoms with Gasteiger partial charge in [-0.25, -0.2) is 14.0 Å². The lowest BCUT2D eigenvalue weighted by Crippen LogP contribution is -2.11. The number of fused-ring (bicyclic) bond motifs is 1. The molecule has 0 aliphatic heterocycles. The van der Waals surface area contributed by atoms with Crippen LogP contribution in [-0.2, 0) is 9.59 Å². The quantitative estimate of drug-likeness (QED) is 0.424. The van der Waals surface area contributed by atoms with Gasteiger partial charge in [-0.3, -0.25) is 0 Å². The molecule has 150 valence electrons. The van der Waals surface area contributed by atoms with Gasteiger partial charge in [-0.1, -0.05) is 23.4 Å². The summed E-state index contributed by atoms with van der Waals surface area (Å²) in [6.07, 6.45) is 3.40. The molecule has 0 amide bonds. The molecule has 8 heteroatoms. The van der Waals surface area contributed by atoms with Crippen LogP contribution < -0.4 is 5.73 Å². The van der Waals surface area contributed by atoms with Gasteiger partial charge in [0.15, 0.2) is 5.58 Å². The van der Waals surface area contributed by atoms with E-state index in [-0.39, 0.29) is 11.9 Å². The Morgan fingerprint density at radius 3 is 2.45 bits per heavy atom. The maximum absolute atomic E-state index is 13.6. The highest BCUT2D eigenvalue weighted by atomic mass is 19.1. The molecule has 2 aromatic carbocycles. The molecule has 1 aromatic heterocycles. The van der Waals surface area contributed by atoms with Crippen molar-refractivity contribution < 1.29 is 28.7 Å². The van der Waals surface area contributed by atoms with E-state index in [1.807, 2.05) is 24.3 Å². The Hall–Kier alpha value is -3.78. The van der Waals surface area contributed by atoms with E-state index in [0.29, 0.717) is 35.4 Å². The number of carboxylic acid groups (broad SMARTS) is 2. The molecule has 4 N–H and O–H groups in total. The van der Waals surface area contributed by atoms with Crippen LogP contribution in [0.15, 0.2) is 71.8 Å². The van der Waals surface area contributed by atoms with Gasteiger partial charge in [0.2, 0.25) is 0 Å². The molecule has 0 aliphatic rings. The molecule has 1 unspecified atom stereocenters. The molecule has 0 aliphatic carbocycles. The summed E-state index contributed by atoms with van der Waals surface area (Å²) in [5.74, 6) is -2.83. The van der Waals surface area contributed by atoms with Crippen molar-refractivity contribution >= 4 is 22.9 Å². The van der Waals surface area contributed by atoms with Gasteiger partial charge in [-0.2, -0.15) is 0 Å². The highest BCUT2D eigenvalue weighted by Crippen LogP contribution is 2.33. The highest BCUT2D eigenvalue weighted by Gasteiger charge is 2.17. The Morgan fingerprint density at radius 2 is 1.83 bits per heavy atom. The zero-order chi connectivity index (χ0) is 21.4. The van der Waals surface area contributed by atoms with E-state index in [1.54, 1.807) is 12.1 Å². The van der Waals surface area contributed by atoms with Crippen molar-refractivity contribution in [3.8, 4) is 11.3 Å². The van der Waals surface area contributed by atoms with Gasteiger partial charge >= 0.3 is 11.9 Å². The van der Waals surface area contributed by atoms with Crippen molar-refractivity contribution in [1.29, 1.82) is 0 Å². The second kappa shape index (κ2) is 9.95. The number of aromatic nitrogens is 1. The van der Waals surface area contributed by atoms with Crippen LogP contribution in [0.5, 0.6) is 0 Å². The lowest BCUT2D eigenvalue weighted by molar-refractivity contribution is -0.134. The highest BCUT2D eigenvalue weighted by molar-refractivity contribution is 5.92. The van der Waals surface area contributed by atoms with E-state index in [4.69, 9.17) is 20.5 Å². The van der Waals surface area contributed by atoms with Gasteiger partial charge in [-0.05, 0) is 42.3 Å². The fraction of sp³-hybridized carbons (Fsp3) is 0.0952. The second-order valence-corrected chi connectivity index (χ2v) is 5.90. The molecule has 7 nitrogen and oxygen atoms in total. The van der Waals surface area contributed by atoms with Crippen LogP contribution in [0.1, 0.15) is 18.0 Å². The Bertz CT molecular complexity index is 1040. The molecule has 0 radical (unpaired) electrons. The summed E-state index contributed by atoms with van der Waals surface area (Å²) in [5, 5.41) is 20.6. The number of rotatable bonds is 6. The average molecular weight is 398 g/mol. The standard InChI is InChI=1S/C17H15FN2O.C4H4O4/c1-2-5-15(19)14-10-11(18)8-9-12(14)17-13-6-3-4-7-16(13)21-20-17;5-3(6)1-2-4(7)8/h2-4,6-10,15H,1,5,19H2;1-2H,(H,5,6)(H,7,8)/b;2-1+. The summed E-state index contributed by atoms with van der Waals surface area (Å²) in [6, 6.07) is 11.8. The maximum atomic E-state index is 13.6. The number of para-hydroxylation sites is 1. The van der Waals surface area contributed by atoms with E-state index >= 15 is 0 Å². The molecule has 3 aromatic rings. The third-order valence-corrected chi connectivity index (χ3v) is 3.83. The fourth-order valence-electron chi connectivity index (χ4n) is 2.59. The number of benzene rings is 2. The normalized spacial score (nSPS) is 11.7. The minimum atomic E-state index is -1.26. The Kier molecular flexibility index (Phi) is 7.39. The average Bonchev–Trinajstić information content (AvgIpc) is 3.11. The zero-order valence-corrected chi connectivity index (χ0v) is 15.3. The zero-order valence-electron chi connectivity index (χ0n) is 15.3. The molecule has 0 spiro atoms. The summed E-state index contributed by atoms with van der Waals surface area (Å²) in [6.45, 7) is 3.68. The molecule has 29 heavy (non-hydrogen) atoms. The van der Waals surface area contributed by atoms with Gasteiger partial charge in [0.05, 0.1) is 0 Å². The smallest absolute Gasteiger partial charge is 0.328 e. The predicted molar refractivity (Wildman–Crippen MR) is 106 cm³/mol. The van der Waals surface area contributed by atoms with Crippen LogP contribution >= 0.6 is 0 Å². The van der Waals surface area contributed by atoms with E-state index in [0.717, 1.165) is 10.9 Å². The topological polar surface area (TPSA) is 127 Å². The van der Waals surface area contributed by atoms with Crippen molar-refractivity contribution in [3.63, 3.8) is 0 Å². The molecular formula is C21H19FN2O5. The van der Waals surface area contributed by atoms with Crippen molar-refractivity contribution in [2.24, 2.45) is 5.73 Å². The predicted octanol–water partition coefficient (Wildman–Crippen LogP) is 3.92. The second-order valence-electron chi connectivity index (χ2n) is 5.90. The first kappa shape index (κ1) is 21.5. The summed E-state index contributed by atoms with van der Waals surface area (Å²) in [4.78, 5) is 19.1. The Balaban J connectivity index is 0.000000321. The molecule has 1 heterocycles. The van der Waals surface area contributed by atoms with Gasteiger partial charge in [0.1, 0.15) is 11.5 Å². The number of carbonyl (C=O) groups is 2. The third kappa shape index (κ3) is 5.85. The number of carboxylic acids is 2. The molecule has 0 saturated carbocycles. The fourth-order valence-corrected chi connectivity index (χ4v) is 2.59. The number of hydrogen-bond acceptors (Lipinski definition) is 5. The van der Waals surface area contributed by atoms with Crippen molar-refractivity contribution in [2.45, 2.75) is 12.5 Å². The molecular weight excluding hydrogens is 379 g/mol. The van der Waals surface area contributed by atoms with Crippen LogP contribution in [0.2, 0.25) is 0 Å². The molecule has 1 atom stereocenters. The van der Waals surface area contributed by atoms with Gasteiger partial charge < -0.3 is 20.5 Å². The number of nitrogens with zero attached hydrogens (tertiary/aromatic N) is 1. The first-order valence-electron chi connectivity index (χ1n) is 8.48. The maximum Gasteiger partial charge on any atom is 0.328 e. The van der Waals surface area contributed by atoms with Crippen LogP contribution in [0.3, 0.4) is 0 Å². The van der Waals surface area contributed by atoms with E-state index in [1.165, 1.54) is 12.1 Å². The number of aliphatic carboxylic acids is 2. The van der Waals surface area contributed by atoms with Crippen LogP contribution in [0, 0.1) is 5.82 Å². The van der Waals surface area contributed by atoms with Crippen molar-refractivity contribution in [3.05, 3.63) is 78.7 Å². The molecule has 3 rings (SSSR count). The SMILES string of the molecule is C=CCC(N)c1cc(F)ccc1-c1noc2ccccc12.O=C(O)/C=C/C(=O)O. The summed E-state index contributed by atoms with van der Waals surface area (Å²) < 4.78 is 18.9. The number of nitrogens with two attached hydrogens (primary N) is 1. The van der Waals surface area contributed by atoms with Crippen molar-refractivity contribution in [1.82, 2.24) is 5.16 Å². The largest absolute Gasteiger partial charge is 0.478 e. The van der Waals surface area contributed by atoms with E-state index < -0.39 is 11.9 Å². The number of halogens is 1. The summed E-state index contributed by atoms with van der Waals surface area (Å²) in [7, 11) is 0. The van der Waals surface area contributed by atoms with E-state index in [9.17, 15) is 14.0 Å². The van der Waals surface area contributed by atoms with E-state index in [2.05, 4.69) is 11.7 Å². The first-order chi connectivity index (χ1) is 13.8. The lowest BCUT2D eigenvalue weighted by atomic mass is 9.95. The summed E-state index contributed by atoms with van der Waals surface area (Å²) in [5.41, 5.74) is 8.99. The molecule has 0 saturated heterocycles. The van der Waals surface area contributed by atoms with Gasteiger partial charge in [0.25, 0.3) is 0 Å². The summed E-state index contributed by atoms with van der Waals surface area (Å²) >= 11 is 0. The minimum absolute atomic E-state index is 0.318. The molecule has 0 bridgehead atoms. The van der Waals surface area contributed by atoms with Crippen molar-refractivity contribution in [2.75, 3.05) is 0 Å². The van der Waals surface area contributed by atoms with Crippen LogP contribution in [-0.4, -0.2) is 27.3 Å². The molecule has 0 fully saturated rings. The first-order valence-corrected chi connectivity index (χ1v) is 8.48. The lowest BCUT2D eigenvalue weighted by Gasteiger charge is -2.14. The Labute approximate surface area is 165 Å². The minimum Gasteiger partial charge on any atom is -0.478 e. The third-order valence-electron chi connectivity index (χ3n) is 3.83. The van der Waals surface area contributed by atoms with Gasteiger partial charge in [0, 0.05) is 29.1 Å². The number of hydrogen-bond donors (Lipinski definition) is 3. The van der Waals surface area contributed by atoms with Crippen LogP contribution in [0.4, 0.5) is 4.39 Å². The monoisotopic (exact) mass is 398 g/mol.